The maximum absolute atomic E-state index is 12.3. The van der Waals surface area contributed by atoms with Gasteiger partial charge in [0.15, 0.2) is 6.39 Å². The molecule has 0 aliphatic heterocycles. The van der Waals surface area contributed by atoms with Gasteiger partial charge in [-0.15, -0.1) is 0 Å². The molecule has 3 unspecified atom stereocenters. The van der Waals surface area contributed by atoms with Gasteiger partial charge in [-0.2, -0.15) is 0 Å². The number of nitrogens with one attached hydrogen (secondary N) is 2. The summed E-state index contributed by atoms with van der Waals surface area (Å²) in [6.45, 7) is 5.61. The molecule has 2 aromatic rings. The van der Waals surface area contributed by atoms with E-state index < -0.39 is 17.8 Å². The van der Waals surface area contributed by atoms with Crippen molar-refractivity contribution in [2.24, 2.45) is 0 Å². The molecule has 162 valence electrons. The SMILES string of the molecule is CC(C)(C)OC(=O)NC1CC(c2cnco2)CCC1NC(=O)OCc1ccccc1. The van der Waals surface area contributed by atoms with E-state index in [-0.39, 0.29) is 24.6 Å². The molecule has 2 amide bonds. The first-order chi connectivity index (χ1) is 14.3. The number of alkyl carbamates (subject to hydrolysis) is 2. The highest BCUT2D eigenvalue weighted by Gasteiger charge is 2.35. The van der Waals surface area contributed by atoms with E-state index in [1.54, 1.807) is 27.0 Å². The van der Waals surface area contributed by atoms with Gasteiger partial charge in [-0.3, -0.25) is 0 Å². The molecule has 0 bridgehead atoms. The number of carbonyl (C=O) groups excluding carboxylic acids is 2. The molecule has 1 saturated carbocycles. The number of rotatable bonds is 5. The summed E-state index contributed by atoms with van der Waals surface area (Å²) in [7, 11) is 0. The summed E-state index contributed by atoms with van der Waals surface area (Å²) in [5.74, 6) is 0.877. The molecule has 0 saturated heterocycles. The Morgan fingerprint density at radius 1 is 1.10 bits per heavy atom. The number of carbonyl (C=O) groups is 2. The topological polar surface area (TPSA) is 103 Å². The lowest BCUT2D eigenvalue weighted by atomic mass is 9.81. The van der Waals surface area contributed by atoms with Crippen molar-refractivity contribution in [2.45, 2.75) is 70.2 Å². The number of hydrogen-bond donors (Lipinski definition) is 2. The monoisotopic (exact) mass is 415 g/mol. The van der Waals surface area contributed by atoms with Crippen molar-refractivity contribution in [3.8, 4) is 0 Å². The van der Waals surface area contributed by atoms with E-state index in [0.29, 0.717) is 12.8 Å². The fourth-order valence-electron chi connectivity index (χ4n) is 3.56. The minimum absolute atomic E-state index is 0.103. The van der Waals surface area contributed by atoms with Gasteiger partial charge in [0, 0.05) is 5.92 Å². The molecule has 1 aromatic heterocycles. The third-order valence-electron chi connectivity index (χ3n) is 4.92. The van der Waals surface area contributed by atoms with Gasteiger partial charge in [0.25, 0.3) is 0 Å². The molecule has 0 radical (unpaired) electrons. The van der Waals surface area contributed by atoms with Crippen molar-refractivity contribution in [3.05, 3.63) is 54.2 Å². The van der Waals surface area contributed by atoms with Crippen molar-refractivity contribution in [2.75, 3.05) is 0 Å². The molecular weight excluding hydrogens is 386 g/mol. The van der Waals surface area contributed by atoms with Gasteiger partial charge < -0.3 is 24.5 Å². The van der Waals surface area contributed by atoms with Gasteiger partial charge in [-0.1, -0.05) is 30.3 Å². The minimum Gasteiger partial charge on any atom is -0.448 e. The maximum atomic E-state index is 12.3. The van der Waals surface area contributed by atoms with Crippen LogP contribution in [-0.4, -0.2) is 34.9 Å². The lowest BCUT2D eigenvalue weighted by Crippen LogP contribution is -2.55. The van der Waals surface area contributed by atoms with E-state index in [1.807, 2.05) is 30.3 Å². The number of oxazole rings is 1. The van der Waals surface area contributed by atoms with E-state index in [0.717, 1.165) is 17.7 Å². The van der Waals surface area contributed by atoms with Crippen molar-refractivity contribution in [3.63, 3.8) is 0 Å². The van der Waals surface area contributed by atoms with Crippen LogP contribution in [0.15, 0.2) is 47.3 Å². The third-order valence-corrected chi connectivity index (χ3v) is 4.92. The van der Waals surface area contributed by atoms with Gasteiger partial charge in [-0.05, 0) is 45.6 Å². The minimum atomic E-state index is -0.610. The van der Waals surface area contributed by atoms with Gasteiger partial charge in [0.1, 0.15) is 18.0 Å². The summed E-state index contributed by atoms with van der Waals surface area (Å²) in [5.41, 5.74) is 0.297. The van der Waals surface area contributed by atoms with E-state index in [2.05, 4.69) is 15.6 Å². The summed E-state index contributed by atoms with van der Waals surface area (Å²) in [6, 6.07) is 8.87. The second kappa shape index (κ2) is 9.65. The zero-order chi connectivity index (χ0) is 21.6. The molecule has 1 fully saturated rings. The molecule has 1 aliphatic rings. The Labute approximate surface area is 176 Å². The third kappa shape index (κ3) is 6.50. The Hall–Kier alpha value is -3.03. The molecule has 2 N–H and O–H groups in total. The van der Waals surface area contributed by atoms with Crippen LogP contribution in [0.2, 0.25) is 0 Å². The second-order valence-electron chi connectivity index (χ2n) is 8.48. The Kier molecular flexibility index (Phi) is 6.97. The molecule has 0 spiro atoms. The van der Waals surface area contributed by atoms with Crippen LogP contribution in [0.3, 0.4) is 0 Å². The van der Waals surface area contributed by atoms with Gasteiger partial charge in [0.2, 0.25) is 0 Å². The fourth-order valence-corrected chi connectivity index (χ4v) is 3.56. The number of amides is 2. The summed E-state index contributed by atoms with van der Waals surface area (Å²) < 4.78 is 16.2. The molecule has 3 atom stereocenters. The second-order valence-corrected chi connectivity index (χ2v) is 8.48. The molecule has 1 aromatic carbocycles. The lowest BCUT2D eigenvalue weighted by molar-refractivity contribution is 0.0469. The van der Waals surface area contributed by atoms with Crippen molar-refractivity contribution < 1.29 is 23.5 Å². The predicted molar refractivity (Wildman–Crippen MR) is 110 cm³/mol. The van der Waals surface area contributed by atoms with Crippen molar-refractivity contribution in [1.82, 2.24) is 15.6 Å². The summed E-state index contributed by atoms with van der Waals surface area (Å²) in [5, 5.41) is 5.80. The van der Waals surface area contributed by atoms with Crippen LogP contribution in [0.1, 0.15) is 57.3 Å². The predicted octanol–water partition coefficient (Wildman–Crippen LogP) is 4.13. The highest BCUT2D eigenvalue weighted by Crippen LogP contribution is 2.33. The quantitative estimate of drug-likeness (QED) is 0.761. The molecule has 30 heavy (non-hydrogen) atoms. The largest absolute Gasteiger partial charge is 0.448 e. The normalized spacial score (nSPS) is 21.5. The van der Waals surface area contributed by atoms with Crippen molar-refractivity contribution in [1.29, 1.82) is 0 Å². The van der Waals surface area contributed by atoms with Gasteiger partial charge >= 0.3 is 12.2 Å². The summed E-state index contributed by atoms with van der Waals surface area (Å²) in [4.78, 5) is 28.7. The van der Waals surface area contributed by atoms with Crippen LogP contribution >= 0.6 is 0 Å². The lowest BCUT2D eigenvalue weighted by Gasteiger charge is -2.36. The van der Waals surface area contributed by atoms with Crippen LogP contribution < -0.4 is 10.6 Å². The average molecular weight is 415 g/mol. The number of ether oxygens (including phenoxy) is 2. The van der Waals surface area contributed by atoms with E-state index in [1.165, 1.54) is 6.39 Å². The molecule has 8 nitrogen and oxygen atoms in total. The van der Waals surface area contributed by atoms with Crippen LogP contribution in [0, 0.1) is 0 Å². The van der Waals surface area contributed by atoms with E-state index in [9.17, 15) is 9.59 Å². The summed E-state index contributed by atoms with van der Waals surface area (Å²) >= 11 is 0. The van der Waals surface area contributed by atoms with Crippen LogP contribution in [0.5, 0.6) is 0 Å². The maximum Gasteiger partial charge on any atom is 0.407 e. The Morgan fingerprint density at radius 3 is 2.50 bits per heavy atom. The van der Waals surface area contributed by atoms with Crippen molar-refractivity contribution >= 4 is 12.2 Å². The molecule has 8 heteroatoms. The number of nitrogens with zero attached hydrogens (tertiary/aromatic N) is 1. The van der Waals surface area contributed by atoms with Crippen LogP contribution in [-0.2, 0) is 16.1 Å². The van der Waals surface area contributed by atoms with Gasteiger partial charge in [0.05, 0.1) is 18.3 Å². The van der Waals surface area contributed by atoms with E-state index in [4.69, 9.17) is 13.9 Å². The first-order valence-corrected chi connectivity index (χ1v) is 10.2. The number of aromatic nitrogens is 1. The van der Waals surface area contributed by atoms with E-state index >= 15 is 0 Å². The molecule has 1 heterocycles. The summed E-state index contributed by atoms with van der Waals surface area (Å²) in [6.07, 6.45) is 4.11. The van der Waals surface area contributed by atoms with Gasteiger partial charge in [-0.25, -0.2) is 14.6 Å². The zero-order valence-electron chi connectivity index (χ0n) is 17.6. The molecule has 1 aliphatic carbocycles. The molecular formula is C22H29N3O5. The Bertz CT molecular complexity index is 817. The zero-order valence-corrected chi connectivity index (χ0v) is 17.6. The fraction of sp³-hybridized carbons (Fsp3) is 0.500. The van der Waals surface area contributed by atoms with Crippen LogP contribution in [0.4, 0.5) is 9.59 Å². The first-order valence-electron chi connectivity index (χ1n) is 10.2. The Balaban J connectivity index is 1.61. The average Bonchev–Trinajstić information content (AvgIpc) is 3.22. The first kappa shape index (κ1) is 21.7. The Morgan fingerprint density at radius 2 is 1.83 bits per heavy atom. The smallest absolute Gasteiger partial charge is 0.407 e. The molecule has 3 rings (SSSR count). The highest BCUT2D eigenvalue weighted by molar-refractivity contribution is 5.70. The number of benzene rings is 1. The van der Waals surface area contributed by atoms with Crippen LogP contribution in [0.25, 0.3) is 0 Å². The standard InChI is InChI=1S/C22H29N3O5/c1-22(2,3)30-21(27)25-18-11-16(19-12-23-14-29-19)9-10-17(18)24-20(26)28-13-15-7-5-4-6-8-15/h4-8,12,14,16-18H,9-11,13H2,1-3H3,(H,24,26)(H,25,27). The number of hydrogen-bond acceptors (Lipinski definition) is 6. The highest BCUT2D eigenvalue weighted by atomic mass is 16.6.